The Labute approximate surface area is 243 Å². The number of benzene rings is 1. The van der Waals surface area contributed by atoms with Crippen LogP contribution in [0, 0.1) is 28.6 Å². The quantitative estimate of drug-likeness (QED) is 0.250. The zero-order valence-electron chi connectivity index (χ0n) is 25.3. The van der Waals surface area contributed by atoms with Gasteiger partial charge in [-0.15, -0.1) is 6.58 Å². The van der Waals surface area contributed by atoms with E-state index in [2.05, 4.69) is 36.4 Å². The average molecular weight is 567 g/mol. The molecule has 0 unspecified atom stereocenters. The summed E-state index contributed by atoms with van der Waals surface area (Å²) in [7, 11) is 0. The number of rotatable bonds is 13. The third kappa shape index (κ3) is 7.63. The Kier molecular flexibility index (Phi) is 10.2. The number of Topliss-reactive ketones (excluding diaryl/α,β-unsaturated/α-hetero) is 1. The fraction of sp³-hybridized carbons (Fsp3) is 0.594. The number of piperidine rings is 1. The minimum absolute atomic E-state index is 0.00278. The van der Waals surface area contributed by atoms with E-state index < -0.39 is 29.7 Å². The smallest absolute Gasteiger partial charge is 0.289 e. The summed E-state index contributed by atoms with van der Waals surface area (Å²) in [5, 5.41) is 8.09. The molecule has 5 atom stereocenters. The van der Waals surface area contributed by atoms with Crippen LogP contribution in [0.2, 0.25) is 0 Å². The molecule has 2 aliphatic rings. The number of allylic oxidation sites excluding steroid dienone is 1. The minimum atomic E-state index is -1.06. The van der Waals surface area contributed by atoms with Crippen LogP contribution < -0.4 is 16.0 Å². The van der Waals surface area contributed by atoms with Gasteiger partial charge in [0.05, 0.1) is 6.04 Å². The molecular formula is C32H46N4O5. The summed E-state index contributed by atoms with van der Waals surface area (Å²) in [6.45, 7) is 16.6. The van der Waals surface area contributed by atoms with Gasteiger partial charge < -0.3 is 20.9 Å². The molecule has 0 aromatic heterocycles. The second-order valence-corrected chi connectivity index (χ2v) is 13.0. The number of likely N-dealkylation sites (tertiary alicyclic amines) is 1. The monoisotopic (exact) mass is 566 g/mol. The van der Waals surface area contributed by atoms with Gasteiger partial charge in [-0.1, -0.05) is 78.0 Å². The maximum absolute atomic E-state index is 13.7. The number of nitrogens with one attached hydrogen (secondary N) is 3. The lowest BCUT2D eigenvalue weighted by atomic mass is 9.81. The van der Waals surface area contributed by atoms with Crippen molar-refractivity contribution in [1.82, 2.24) is 20.9 Å². The standard InChI is InChI=1S/C32H46N4O5/c1-8-9-15-23(27(38)29(40)33-17-16-24(37)34-18-21-13-11-10-12-14-21)35-28(39)26-25-22(32(25,6)7)19-36(26)30(41)20(2)31(3,4)5/h8,10-14,20,22-23,25-26H,1,9,15-19H2,2-7H3,(H,33,40)(H,34,37)(H,35,39)/t20-,22+,23+,25+,26+/m1/s1. The first-order valence-corrected chi connectivity index (χ1v) is 14.5. The highest BCUT2D eigenvalue weighted by atomic mass is 16.2. The van der Waals surface area contributed by atoms with E-state index in [0.717, 1.165) is 5.56 Å². The van der Waals surface area contributed by atoms with Gasteiger partial charge in [0, 0.05) is 32.0 Å². The van der Waals surface area contributed by atoms with E-state index in [-0.39, 0.29) is 59.8 Å². The van der Waals surface area contributed by atoms with Crippen LogP contribution in [0.15, 0.2) is 43.0 Å². The molecule has 1 aliphatic heterocycles. The lowest BCUT2D eigenvalue weighted by Crippen LogP contribution is -2.56. The Balaban J connectivity index is 1.61. The van der Waals surface area contributed by atoms with Crippen molar-refractivity contribution in [2.75, 3.05) is 13.1 Å². The molecule has 0 radical (unpaired) electrons. The van der Waals surface area contributed by atoms with Crippen molar-refractivity contribution in [3.63, 3.8) is 0 Å². The van der Waals surface area contributed by atoms with Gasteiger partial charge in [0.1, 0.15) is 6.04 Å². The second-order valence-electron chi connectivity index (χ2n) is 13.0. The van der Waals surface area contributed by atoms with Crippen LogP contribution in [0.25, 0.3) is 0 Å². The number of fused-ring (bicyclic) bond motifs is 1. The molecule has 2 fully saturated rings. The lowest BCUT2D eigenvalue weighted by Gasteiger charge is -2.36. The highest BCUT2D eigenvalue weighted by Crippen LogP contribution is 2.65. The first-order chi connectivity index (χ1) is 19.2. The summed E-state index contributed by atoms with van der Waals surface area (Å²) in [4.78, 5) is 66.8. The van der Waals surface area contributed by atoms with Crippen molar-refractivity contribution in [2.24, 2.45) is 28.6 Å². The van der Waals surface area contributed by atoms with Crippen LogP contribution >= 0.6 is 0 Å². The molecule has 1 aromatic rings. The van der Waals surface area contributed by atoms with E-state index in [0.29, 0.717) is 19.5 Å². The molecule has 4 amide bonds. The summed E-state index contributed by atoms with van der Waals surface area (Å²) in [5.74, 6) is -2.45. The summed E-state index contributed by atoms with van der Waals surface area (Å²) < 4.78 is 0. The first-order valence-electron chi connectivity index (χ1n) is 14.5. The van der Waals surface area contributed by atoms with Crippen molar-refractivity contribution < 1.29 is 24.0 Å². The number of carbonyl (C=O) groups is 5. The molecule has 1 saturated carbocycles. The topological polar surface area (TPSA) is 125 Å². The molecule has 1 saturated heterocycles. The number of nitrogens with zero attached hydrogens (tertiary/aromatic N) is 1. The van der Waals surface area contributed by atoms with E-state index >= 15 is 0 Å². The predicted octanol–water partition coefficient (Wildman–Crippen LogP) is 2.99. The highest BCUT2D eigenvalue weighted by Gasteiger charge is 2.69. The molecule has 1 aromatic carbocycles. The maximum Gasteiger partial charge on any atom is 0.289 e. The van der Waals surface area contributed by atoms with E-state index in [4.69, 9.17) is 0 Å². The molecule has 41 heavy (non-hydrogen) atoms. The molecule has 3 rings (SSSR count). The average Bonchev–Trinajstić information content (AvgIpc) is 3.24. The molecule has 9 nitrogen and oxygen atoms in total. The van der Waals surface area contributed by atoms with E-state index in [9.17, 15) is 24.0 Å². The summed E-state index contributed by atoms with van der Waals surface area (Å²) >= 11 is 0. The Hall–Kier alpha value is -3.49. The van der Waals surface area contributed by atoms with Gasteiger partial charge in [0.2, 0.25) is 23.5 Å². The molecule has 1 heterocycles. The predicted molar refractivity (Wildman–Crippen MR) is 157 cm³/mol. The molecule has 224 valence electrons. The van der Waals surface area contributed by atoms with Crippen molar-refractivity contribution in [3.8, 4) is 0 Å². The largest absolute Gasteiger partial charge is 0.352 e. The zero-order chi connectivity index (χ0) is 30.5. The van der Waals surface area contributed by atoms with Crippen LogP contribution in [0.4, 0.5) is 0 Å². The normalized spacial score (nSPS) is 22.1. The van der Waals surface area contributed by atoms with Crippen LogP contribution in [-0.4, -0.2) is 59.5 Å². The molecule has 9 heteroatoms. The maximum atomic E-state index is 13.7. The number of hydrogen-bond donors (Lipinski definition) is 3. The molecule has 1 aliphatic carbocycles. The Morgan fingerprint density at radius 2 is 1.76 bits per heavy atom. The lowest BCUT2D eigenvalue weighted by molar-refractivity contribution is -0.146. The summed E-state index contributed by atoms with van der Waals surface area (Å²) in [6.07, 6.45) is 2.25. The van der Waals surface area contributed by atoms with Crippen LogP contribution in [0.1, 0.15) is 66.4 Å². The van der Waals surface area contributed by atoms with Gasteiger partial charge in [-0.05, 0) is 41.1 Å². The summed E-state index contributed by atoms with van der Waals surface area (Å²) in [5.41, 5.74) is 0.611. The van der Waals surface area contributed by atoms with Crippen molar-refractivity contribution in [3.05, 3.63) is 48.6 Å². The number of hydrogen-bond acceptors (Lipinski definition) is 5. The van der Waals surface area contributed by atoms with E-state index in [1.165, 1.54) is 0 Å². The molecular weight excluding hydrogens is 520 g/mol. The fourth-order valence-corrected chi connectivity index (χ4v) is 5.66. The SMILES string of the molecule is C=CCC[C@H](NC(=O)[C@@H]1[C@@H]2[C@H](CN1C(=O)[C@@H](C)C(C)(C)C)C2(C)C)C(=O)C(=O)NCCC(=O)NCc1ccccc1. The number of ketones is 1. The summed E-state index contributed by atoms with van der Waals surface area (Å²) in [6, 6.07) is 7.69. The Morgan fingerprint density at radius 1 is 1.10 bits per heavy atom. The Morgan fingerprint density at radius 3 is 2.37 bits per heavy atom. The minimum Gasteiger partial charge on any atom is -0.352 e. The third-order valence-corrected chi connectivity index (χ3v) is 8.92. The zero-order valence-corrected chi connectivity index (χ0v) is 25.3. The van der Waals surface area contributed by atoms with Crippen LogP contribution in [-0.2, 0) is 30.5 Å². The fourth-order valence-electron chi connectivity index (χ4n) is 5.66. The Bertz CT molecular complexity index is 1160. The van der Waals surface area contributed by atoms with Crippen LogP contribution in [0.5, 0.6) is 0 Å². The van der Waals surface area contributed by atoms with Gasteiger partial charge in [-0.25, -0.2) is 0 Å². The second kappa shape index (κ2) is 13.0. The number of amides is 4. The molecule has 0 spiro atoms. The van der Waals surface area contributed by atoms with Crippen molar-refractivity contribution in [1.29, 1.82) is 0 Å². The van der Waals surface area contributed by atoms with Gasteiger partial charge in [-0.2, -0.15) is 0 Å². The van der Waals surface area contributed by atoms with E-state index in [1.807, 2.05) is 58.0 Å². The number of carbonyl (C=O) groups excluding carboxylic acids is 5. The van der Waals surface area contributed by atoms with Gasteiger partial charge >= 0.3 is 0 Å². The van der Waals surface area contributed by atoms with Crippen LogP contribution in [0.3, 0.4) is 0 Å². The van der Waals surface area contributed by atoms with E-state index in [1.54, 1.807) is 11.0 Å². The van der Waals surface area contributed by atoms with Gasteiger partial charge in [0.25, 0.3) is 5.91 Å². The highest BCUT2D eigenvalue weighted by molar-refractivity contribution is 6.38. The molecule has 3 N–H and O–H groups in total. The van der Waals surface area contributed by atoms with Crippen molar-refractivity contribution in [2.45, 2.75) is 79.4 Å². The third-order valence-electron chi connectivity index (χ3n) is 8.92. The van der Waals surface area contributed by atoms with Gasteiger partial charge in [-0.3, -0.25) is 24.0 Å². The van der Waals surface area contributed by atoms with Gasteiger partial charge in [0.15, 0.2) is 0 Å². The molecule has 0 bridgehead atoms. The first kappa shape index (κ1) is 32.0. The van der Waals surface area contributed by atoms with Crippen molar-refractivity contribution >= 4 is 29.4 Å².